The quantitative estimate of drug-likeness (QED) is 0.396. The maximum Gasteiger partial charge on any atom is 0.330 e. The number of carbonyl (C=O) groups excluding carboxylic acids is 1. The number of likely N-dealkylation sites (tertiary alicyclic amines) is 1. The molecule has 2 heterocycles. The van der Waals surface area contributed by atoms with Crippen LogP contribution in [0.25, 0.3) is 11.0 Å². The number of alkyl halides is 4. The highest BCUT2D eigenvalue weighted by molar-refractivity contribution is 6.04. The second kappa shape index (κ2) is 11.2. The summed E-state index contributed by atoms with van der Waals surface area (Å²) >= 11 is 0. The summed E-state index contributed by atoms with van der Waals surface area (Å²) in [6.07, 6.45) is -0.166. The molecule has 3 aromatic rings. The minimum atomic E-state index is -4.22. The molecule has 1 aliphatic heterocycles. The normalized spacial score (nSPS) is 15.1. The molecule has 0 atom stereocenters. The van der Waals surface area contributed by atoms with Crippen LogP contribution in [0.5, 0.6) is 0 Å². The van der Waals surface area contributed by atoms with Gasteiger partial charge in [-0.3, -0.25) is 10.1 Å². The zero-order valence-electron chi connectivity index (χ0n) is 19.2. The zero-order valence-corrected chi connectivity index (χ0v) is 19.2. The Hall–Kier alpha value is -2.98. The van der Waals surface area contributed by atoms with Crippen LogP contribution in [0.2, 0.25) is 0 Å². The van der Waals surface area contributed by atoms with Gasteiger partial charge >= 0.3 is 12.3 Å². The fraction of sp³-hybridized carbons (Fsp3) is 0.440. The van der Waals surface area contributed by atoms with Crippen molar-refractivity contribution < 1.29 is 27.1 Å². The molecule has 0 spiro atoms. The average molecular weight is 493 g/mol. The number of hydrogen-bond acceptors (Lipinski definition) is 4. The summed E-state index contributed by atoms with van der Waals surface area (Å²) in [6.45, 7) is 1.92. The molecule has 1 aliphatic rings. The molecule has 6 nitrogen and oxygen atoms in total. The summed E-state index contributed by atoms with van der Waals surface area (Å²) in [6, 6.07) is 13.9. The minimum Gasteiger partial charge on any atom is -0.370 e. The molecular formula is C25H28F4N4O2. The van der Waals surface area contributed by atoms with Gasteiger partial charge in [0.1, 0.15) is 6.61 Å². The van der Waals surface area contributed by atoms with E-state index in [1.807, 2.05) is 28.8 Å². The molecule has 188 valence electrons. The Morgan fingerprint density at radius 3 is 2.60 bits per heavy atom. The number of benzene rings is 2. The molecule has 1 N–H and O–H groups in total. The number of ether oxygens (including phenoxy) is 1. The number of aromatic nitrogens is 2. The monoisotopic (exact) mass is 492 g/mol. The largest absolute Gasteiger partial charge is 0.370 e. The highest BCUT2D eigenvalue weighted by Gasteiger charge is 2.40. The Labute approximate surface area is 200 Å². The van der Waals surface area contributed by atoms with E-state index < -0.39 is 24.9 Å². The summed E-state index contributed by atoms with van der Waals surface area (Å²) in [7, 11) is 0. The maximum absolute atomic E-state index is 13.1. The predicted molar refractivity (Wildman–Crippen MR) is 125 cm³/mol. The van der Waals surface area contributed by atoms with E-state index in [-0.39, 0.29) is 12.2 Å². The van der Waals surface area contributed by atoms with Crippen molar-refractivity contribution in [2.45, 2.75) is 44.8 Å². The number of imidazole rings is 1. The molecule has 35 heavy (non-hydrogen) atoms. The molecule has 0 saturated carbocycles. The van der Waals surface area contributed by atoms with Gasteiger partial charge in [-0.1, -0.05) is 30.7 Å². The molecule has 1 aromatic heterocycles. The van der Waals surface area contributed by atoms with Crippen molar-refractivity contribution in [3.8, 4) is 0 Å². The van der Waals surface area contributed by atoms with E-state index in [4.69, 9.17) is 4.74 Å². The first kappa shape index (κ1) is 25.1. The molecule has 2 aromatic carbocycles. The number of hydrogen-bond donors (Lipinski definition) is 1. The highest BCUT2D eigenvalue weighted by Crippen LogP contribution is 2.24. The van der Waals surface area contributed by atoms with E-state index in [0.717, 1.165) is 30.7 Å². The van der Waals surface area contributed by atoms with E-state index in [1.54, 1.807) is 18.2 Å². The highest BCUT2D eigenvalue weighted by atomic mass is 19.3. The van der Waals surface area contributed by atoms with E-state index in [9.17, 15) is 22.4 Å². The number of halogens is 4. The summed E-state index contributed by atoms with van der Waals surface area (Å²) in [5.74, 6) is -4.21. The fourth-order valence-corrected chi connectivity index (χ4v) is 4.17. The Balaban J connectivity index is 1.45. The van der Waals surface area contributed by atoms with Gasteiger partial charge in [-0.25, -0.2) is 13.8 Å². The molecule has 1 saturated heterocycles. The molecule has 4 rings (SSSR count). The Bertz CT molecular complexity index is 1150. The van der Waals surface area contributed by atoms with E-state index in [1.165, 1.54) is 25.3 Å². The number of para-hydroxylation sites is 2. The van der Waals surface area contributed by atoms with Crippen molar-refractivity contribution in [2.24, 2.45) is 0 Å². The Kier molecular flexibility index (Phi) is 8.02. The van der Waals surface area contributed by atoms with Crippen LogP contribution in [0.15, 0.2) is 48.5 Å². The third kappa shape index (κ3) is 6.37. The second-order valence-electron chi connectivity index (χ2n) is 8.69. The van der Waals surface area contributed by atoms with Crippen LogP contribution >= 0.6 is 0 Å². The van der Waals surface area contributed by atoms with Gasteiger partial charge in [-0.2, -0.15) is 8.78 Å². The lowest BCUT2D eigenvalue weighted by Gasteiger charge is -2.26. The smallest absolute Gasteiger partial charge is 0.330 e. The van der Waals surface area contributed by atoms with E-state index in [0.29, 0.717) is 18.1 Å². The molecule has 0 aliphatic carbocycles. The van der Waals surface area contributed by atoms with E-state index >= 15 is 0 Å². The molecular weight excluding hydrogens is 464 g/mol. The van der Waals surface area contributed by atoms with Crippen LogP contribution in [0.4, 0.5) is 23.5 Å². The second-order valence-corrected chi connectivity index (χ2v) is 8.69. The van der Waals surface area contributed by atoms with Crippen LogP contribution in [0.1, 0.15) is 35.2 Å². The van der Waals surface area contributed by atoms with Crippen LogP contribution in [-0.2, 0) is 17.9 Å². The topological polar surface area (TPSA) is 59.4 Å². The number of piperidine rings is 1. The summed E-state index contributed by atoms with van der Waals surface area (Å²) in [4.78, 5) is 20.0. The van der Waals surface area contributed by atoms with Gasteiger partial charge in [0.25, 0.3) is 5.91 Å². The van der Waals surface area contributed by atoms with Gasteiger partial charge in [0, 0.05) is 18.7 Å². The molecule has 0 bridgehead atoms. The number of amides is 1. The van der Waals surface area contributed by atoms with Crippen LogP contribution in [-0.4, -0.2) is 58.9 Å². The maximum atomic E-state index is 13.1. The lowest BCUT2D eigenvalue weighted by molar-refractivity contribution is -0.168. The average Bonchev–Trinajstić information content (AvgIpc) is 3.20. The first-order valence-electron chi connectivity index (χ1n) is 11.6. The zero-order chi connectivity index (χ0) is 24.8. The number of nitrogens with one attached hydrogen (secondary N) is 1. The third-order valence-corrected chi connectivity index (χ3v) is 6.04. The first-order valence-corrected chi connectivity index (χ1v) is 11.6. The molecule has 0 radical (unpaired) electrons. The van der Waals surface area contributed by atoms with Gasteiger partial charge in [0.05, 0.1) is 17.6 Å². The van der Waals surface area contributed by atoms with E-state index in [2.05, 4.69) is 15.2 Å². The fourth-order valence-electron chi connectivity index (χ4n) is 4.17. The van der Waals surface area contributed by atoms with Gasteiger partial charge in [-0.05, 0) is 55.8 Å². The standard InChI is InChI=1S/C25H28F4N4O2/c26-23(27)25(28,29)17-35-16-18-7-6-8-19(15-18)22(34)31-24-30-20-9-2-3-10-21(20)33(24)14-13-32-11-4-1-5-12-32/h2-3,6-10,15,23H,1,4-5,11-14,16-17H2,(H,30,31,34). The lowest BCUT2D eigenvalue weighted by atomic mass is 10.1. The number of nitrogens with zero attached hydrogens (tertiary/aromatic N) is 3. The molecule has 10 heteroatoms. The summed E-state index contributed by atoms with van der Waals surface area (Å²) in [5, 5.41) is 2.86. The number of anilines is 1. The summed E-state index contributed by atoms with van der Waals surface area (Å²) in [5.41, 5.74) is 2.38. The van der Waals surface area contributed by atoms with Crippen molar-refractivity contribution in [1.82, 2.24) is 14.5 Å². The number of fused-ring (bicyclic) bond motifs is 1. The van der Waals surface area contributed by atoms with Crippen molar-refractivity contribution >= 4 is 22.9 Å². The number of carbonyl (C=O) groups is 1. The Morgan fingerprint density at radius 2 is 1.83 bits per heavy atom. The van der Waals surface area contributed by atoms with Crippen molar-refractivity contribution in [3.05, 3.63) is 59.7 Å². The summed E-state index contributed by atoms with van der Waals surface area (Å²) < 4.78 is 57.4. The minimum absolute atomic E-state index is 0.279. The number of rotatable bonds is 10. The lowest BCUT2D eigenvalue weighted by Crippen LogP contribution is -2.32. The van der Waals surface area contributed by atoms with Gasteiger partial charge in [0.15, 0.2) is 0 Å². The van der Waals surface area contributed by atoms with Crippen LogP contribution in [0, 0.1) is 0 Å². The van der Waals surface area contributed by atoms with Crippen molar-refractivity contribution in [3.63, 3.8) is 0 Å². The molecule has 0 unspecified atom stereocenters. The van der Waals surface area contributed by atoms with Gasteiger partial charge < -0.3 is 14.2 Å². The van der Waals surface area contributed by atoms with Crippen molar-refractivity contribution in [2.75, 3.05) is 31.6 Å². The Morgan fingerprint density at radius 1 is 1.06 bits per heavy atom. The van der Waals surface area contributed by atoms with Crippen LogP contribution in [0.3, 0.4) is 0 Å². The van der Waals surface area contributed by atoms with Gasteiger partial charge in [0.2, 0.25) is 5.95 Å². The SMILES string of the molecule is O=C(Nc1nc2ccccc2n1CCN1CCCCC1)c1cccc(COCC(F)(F)C(F)F)c1. The van der Waals surface area contributed by atoms with Crippen molar-refractivity contribution in [1.29, 1.82) is 0 Å². The van der Waals surface area contributed by atoms with Crippen LogP contribution < -0.4 is 5.32 Å². The van der Waals surface area contributed by atoms with Gasteiger partial charge in [-0.15, -0.1) is 0 Å². The third-order valence-electron chi connectivity index (χ3n) is 6.04. The predicted octanol–water partition coefficient (Wildman–Crippen LogP) is 5.19. The first-order chi connectivity index (χ1) is 16.8. The molecule has 1 amide bonds. The molecule has 1 fully saturated rings.